The molecule has 0 fully saturated rings. The summed E-state index contributed by atoms with van der Waals surface area (Å²) >= 11 is 0.765. The Bertz CT molecular complexity index is 1330. The number of halogens is 3. The second-order valence-corrected chi connectivity index (χ2v) is 8.97. The molecule has 0 saturated carbocycles. The van der Waals surface area contributed by atoms with Crippen molar-refractivity contribution in [1.82, 2.24) is 0 Å². The second kappa shape index (κ2) is 10.4. The number of aryl methyl sites for hydroxylation is 1. The van der Waals surface area contributed by atoms with Crippen LogP contribution in [0.5, 0.6) is 0 Å². The molecule has 1 heterocycles. The van der Waals surface area contributed by atoms with E-state index in [0.717, 1.165) is 48.0 Å². The summed E-state index contributed by atoms with van der Waals surface area (Å²) < 4.78 is 44.3. The van der Waals surface area contributed by atoms with Crippen molar-refractivity contribution < 1.29 is 32.4 Å². The van der Waals surface area contributed by atoms with E-state index in [1.165, 1.54) is 12.1 Å². The van der Waals surface area contributed by atoms with E-state index in [1.54, 1.807) is 17.0 Å². The quantitative estimate of drug-likeness (QED) is 0.230. The molecule has 1 amide bonds. The molecule has 0 bridgehead atoms. The van der Waals surface area contributed by atoms with Gasteiger partial charge < -0.3 is 9.64 Å². The van der Waals surface area contributed by atoms with Crippen molar-refractivity contribution in [3.8, 4) is 0 Å². The van der Waals surface area contributed by atoms with E-state index >= 15 is 0 Å². The minimum absolute atomic E-state index is 0.0311. The minimum atomic E-state index is -4.74. The maximum Gasteiger partial charge on any atom is 0.416 e. The largest absolute Gasteiger partial charge is 0.452 e. The molecule has 1 aliphatic rings. The third-order valence-electron chi connectivity index (χ3n) is 5.55. The van der Waals surface area contributed by atoms with Crippen molar-refractivity contribution in [2.24, 2.45) is 0 Å². The summed E-state index contributed by atoms with van der Waals surface area (Å²) in [5.41, 5.74) is -0.0526. The van der Waals surface area contributed by atoms with Gasteiger partial charge in [-0.3, -0.25) is 14.9 Å². The van der Waals surface area contributed by atoms with Gasteiger partial charge in [0, 0.05) is 23.2 Å². The number of nitro groups is 1. The molecular formula is C25H19F3N2O5S. The number of esters is 1. The summed E-state index contributed by atoms with van der Waals surface area (Å²) in [6, 6.07) is 15.7. The third kappa shape index (κ3) is 5.51. The van der Waals surface area contributed by atoms with E-state index in [2.05, 4.69) is 0 Å². The zero-order chi connectivity index (χ0) is 25.9. The molecule has 4 rings (SSSR count). The van der Waals surface area contributed by atoms with Crippen LogP contribution in [0.15, 0.2) is 76.5 Å². The van der Waals surface area contributed by atoms with Crippen LogP contribution in [-0.4, -0.2) is 30.0 Å². The van der Waals surface area contributed by atoms with Gasteiger partial charge in [0.05, 0.1) is 20.9 Å². The fourth-order valence-electron chi connectivity index (χ4n) is 3.84. The van der Waals surface area contributed by atoms with Gasteiger partial charge in [0.1, 0.15) is 0 Å². The Morgan fingerprint density at radius 3 is 2.50 bits per heavy atom. The van der Waals surface area contributed by atoms with E-state index in [0.29, 0.717) is 12.6 Å². The van der Waals surface area contributed by atoms with E-state index < -0.39 is 34.9 Å². The van der Waals surface area contributed by atoms with Crippen LogP contribution in [0, 0.1) is 10.1 Å². The predicted molar refractivity (Wildman–Crippen MR) is 126 cm³/mol. The predicted octanol–water partition coefficient (Wildman–Crippen LogP) is 5.90. The van der Waals surface area contributed by atoms with Gasteiger partial charge in [-0.1, -0.05) is 42.1 Å². The molecule has 0 N–H and O–H groups in total. The van der Waals surface area contributed by atoms with E-state index in [9.17, 15) is 32.9 Å². The van der Waals surface area contributed by atoms with Gasteiger partial charge in [-0.15, -0.1) is 0 Å². The number of nitro benzene ring substituents is 1. The standard InChI is InChI=1S/C25H19F3N2O5S/c26-25(27,28)17-11-12-22(20(14-17)30(33)34)36-21-10-4-2-8-18(21)24(32)35-15-23(31)29-13-5-7-16-6-1-3-9-19(16)29/h1-4,6,8-12,14H,5,7,13,15H2. The van der Waals surface area contributed by atoms with Crippen LogP contribution in [-0.2, 0) is 22.1 Å². The first-order valence-electron chi connectivity index (χ1n) is 10.8. The highest BCUT2D eigenvalue weighted by atomic mass is 32.2. The fourth-order valence-corrected chi connectivity index (χ4v) is 4.86. The molecule has 3 aromatic carbocycles. The Labute approximate surface area is 208 Å². The number of alkyl halides is 3. The first-order valence-corrected chi connectivity index (χ1v) is 11.6. The van der Waals surface area contributed by atoms with Crippen molar-refractivity contribution in [3.63, 3.8) is 0 Å². The Hall–Kier alpha value is -3.86. The minimum Gasteiger partial charge on any atom is -0.452 e. The lowest BCUT2D eigenvalue weighted by molar-refractivity contribution is -0.388. The maximum atomic E-state index is 13.0. The highest BCUT2D eigenvalue weighted by Gasteiger charge is 2.33. The average molecular weight is 516 g/mol. The van der Waals surface area contributed by atoms with E-state index in [4.69, 9.17) is 4.74 Å². The number of para-hydroxylation sites is 1. The summed E-state index contributed by atoms with van der Waals surface area (Å²) in [5, 5.41) is 11.4. The summed E-state index contributed by atoms with van der Waals surface area (Å²) in [4.78, 5) is 37.8. The van der Waals surface area contributed by atoms with Crippen LogP contribution in [0.1, 0.15) is 27.9 Å². The highest BCUT2D eigenvalue weighted by molar-refractivity contribution is 7.99. The van der Waals surface area contributed by atoms with Crippen molar-refractivity contribution in [1.29, 1.82) is 0 Å². The van der Waals surface area contributed by atoms with Crippen molar-refractivity contribution in [2.75, 3.05) is 18.1 Å². The molecular weight excluding hydrogens is 497 g/mol. The molecule has 0 atom stereocenters. The molecule has 0 saturated heterocycles. The van der Waals surface area contributed by atoms with Crippen molar-refractivity contribution >= 4 is 35.0 Å². The third-order valence-corrected chi connectivity index (χ3v) is 6.69. The van der Waals surface area contributed by atoms with Gasteiger partial charge in [-0.25, -0.2) is 4.79 Å². The van der Waals surface area contributed by atoms with Crippen LogP contribution in [0.3, 0.4) is 0 Å². The molecule has 36 heavy (non-hydrogen) atoms. The molecule has 7 nitrogen and oxygen atoms in total. The lowest BCUT2D eigenvalue weighted by Gasteiger charge is -2.29. The van der Waals surface area contributed by atoms with Crippen LogP contribution in [0.4, 0.5) is 24.5 Å². The monoisotopic (exact) mass is 516 g/mol. The van der Waals surface area contributed by atoms with E-state index in [1.807, 2.05) is 24.3 Å². The number of hydrogen-bond acceptors (Lipinski definition) is 6. The van der Waals surface area contributed by atoms with Gasteiger partial charge in [-0.2, -0.15) is 13.2 Å². The van der Waals surface area contributed by atoms with Crippen LogP contribution >= 0.6 is 11.8 Å². The molecule has 186 valence electrons. The van der Waals surface area contributed by atoms with Crippen molar-refractivity contribution in [2.45, 2.75) is 28.8 Å². The zero-order valence-corrected chi connectivity index (χ0v) is 19.5. The van der Waals surface area contributed by atoms with Gasteiger partial charge in [0.2, 0.25) is 0 Å². The number of amides is 1. The Balaban J connectivity index is 1.51. The van der Waals surface area contributed by atoms with E-state index in [-0.39, 0.29) is 21.3 Å². The molecule has 0 unspecified atom stereocenters. The molecule has 0 radical (unpaired) electrons. The van der Waals surface area contributed by atoms with Gasteiger partial charge >= 0.3 is 12.1 Å². The number of rotatable bonds is 6. The molecule has 3 aromatic rings. The summed E-state index contributed by atoms with van der Waals surface area (Å²) in [7, 11) is 0. The normalized spacial score (nSPS) is 13.1. The number of carbonyl (C=O) groups excluding carboxylic acids is 2. The number of fused-ring (bicyclic) bond motifs is 1. The lowest BCUT2D eigenvalue weighted by Crippen LogP contribution is -2.38. The Kier molecular flexibility index (Phi) is 7.30. The number of carbonyl (C=O) groups is 2. The van der Waals surface area contributed by atoms with Crippen LogP contribution in [0.2, 0.25) is 0 Å². The van der Waals surface area contributed by atoms with Crippen LogP contribution < -0.4 is 4.90 Å². The van der Waals surface area contributed by atoms with Crippen molar-refractivity contribution in [3.05, 3.63) is 93.5 Å². The SMILES string of the molecule is O=C(OCC(=O)N1CCCc2ccccc21)c1ccccc1Sc1ccc(C(F)(F)F)cc1[N+](=O)[O-]. The second-order valence-electron chi connectivity index (χ2n) is 7.89. The summed E-state index contributed by atoms with van der Waals surface area (Å²) in [6.07, 6.45) is -3.11. The number of hydrogen-bond donors (Lipinski definition) is 0. The van der Waals surface area contributed by atoms with Gasteiger partial charge in [0.25, 0.3) is 11.6 Å². The Morgan fingerprint density at radius 1 is 1.03 bits per heavy atom. The first-order chi connectivity index (χ1) is 17.1. The van der Waals surface area contributed by atoms with Crippen LogP contribution in [0.25, 0.3) is 0 Å². The number of benzene rings is 3. The first kappa shape index (κ1) is 25.2. The molecule has 11 heteroatoms. The van der Waals surface area contributed by atoms with Gasteiger partial charge in [-0.05, 0) is 48.7 Å². The smallest absolute Gasteiger partial charge is 0.416 e. The number of ether oxygens (including phenoxy) is 1. The van der Waals surface area contributed by atoms with Gasteiger partial charge in [0.15, 0.2) is 6.61 Å². The fraction of sp³-hybridized carbons (Fsp3) is 0.200. The maximum absolute atomic E-state index is 13.0. The number of nitrogens with zero attached hydrogens (tertiary/aromatic N) is 2. The zero-order valence-electron chi connectivity index (χ0n) is 18.7. The average Bonchev–Trinajstić information content (AvgIpc) is 2.86. The number of anilines is 1. The molecule has 0 aliphatic carbocycles. The molecule has 0 spiro atoms. The summed E-state index contributed by atoms with van der Waals surface area (Å²) in [5.74, 6) is -1.22. The highest BCUT2D eigenvalue weighted by Crippen LogP contribution is 2.40. The topological polar surface area (TPSA) is 89.8 Å². The Morgan fingerprint density at radius 2 is 1.75 bits per heavy atom. The molecule has 0 aromatic heterocycles. The molecule has 1 aliphatic heterocycles. The lowest BCUT2D eigenvalue weighted by atomic mass is 10.0. The summed E-state index contributed by atoms with van der Waals surface area (Å²) in [6.45, 7) is -0.00990.